The second-order valence-corrected chi connectivity index (χ2v) is 4.51. The first-order valence-electron chi connectivity index (χ1n) is 5.10. The maximum Gasteiger partial charge on any atom is 0.457 e. The lowest BCUT2D eigenvalue weighted by Crippen LogP contribution is -2.59. The zero-order valence-corrected chi connectivity index (χ0v) is 10.7. The molecule has 0 spiro atoms. The van der Waals surface area contributed by atoms with Gasteiger partial charge in [0.1, 0.15) is 0 Å². The molecular weight excluding hydrogens is 353 g/mol. The van der Waals surface area contributed by atoms with Crippen molar-refractivity contribution in [2.75, 3.05) is 0 Å². The molecular formula is C11H3ClF9N. The molecule has 0 aliphatic carbocycles. The molecule has 0 heterocycles. The van der Waals surface area contributed by atoms with E-state index < -0.39 is 40.1 Å². The van der Waals surface area contributed by atoms with Crippen LogP contribution in [0.3, 0.4) is 0 Å². The number of rotatable bonds is 2. The zero-order valence-electron chi connectivity index (χ0n) is 9.96. The Balaban J connectivity index is 3.77. The van der Waals surface area contributed by atoms with Gasteiger partial charge in [0.15, 0.2) is 0 Å². The van der Waals surface area contributed by atoms with Crippen molar-refractivity contribution < 1.29 is 39.5 Å². The Bertz CT molecular complexity index is 613. The van der Waals surface area contributed by atoms with E-state index in [1.807, 2.05) is 0 Å². The third-order valence-corrected chi connectivity index (χ3v) is 2.82. The van der Waals surface area contributed by atoms with E-state index in [4.69, 9.17) is 16.9 Å². The zero-order chi connectivity index (χ0) is 17.6. The minimum Gasteiger partial charge on any atom is -0.221 e. The fourth-order valence-electron chi connectivity index (χ4n) is 1.57. The van der Waals surface area contributed by atoms with E-state index in [9.17, 15) is 39.5 Å². The largest absolute Gasteiger partial charge is 0.457 e. The van der Waals surface area contributed by atoms with E-state index in [0.29, 0.717) is 6.07 Å². The van der Waals surface area contributed by atoms with Gasteiger partial charge < -0.3 is 0 Å². The Hall–Kier alpha value is -1.63. The van der Waals surface area contributed by atoms with Gasteiger partial charge in [-0.3, -0.25) is 0 Å². The molecule has 1 atom stereocenters. The molecule has 0 aliphatic rings. The summed E-state index contributed by atoms with van der Waals surface area (Å²) < 4.78 is 115. The lowest BCUT2D eigenvalue weighted by atomic mass is 9.87. The fraction of sp³-hybridized carbons (Fsp3) is 0.364. The minimum atomic E-state index is -6.83. The summed E-state index contributed by atoms with van der Waals surface area (Å²) in [5.74, 6) is -6.80. The smallest absolute Gasteiger partial charge is 0.221 e. The third kappa shape index (κ3) is 2.69. The average molecular weight is 356 g/mol. The van der Waals surface area contributed by atoms with Gasteiger partial charge >= 0.3 is 23.9 Å². The number of benzene rings is 1. The van der Waals surface area contributed by atoms with Crippen LogP contribution < -0.4 is 0 Å². The lowest BCUT2D eigenvalue weighted by molar-refractivity contribution is -0.389. The van der Waals surface area contributed by atoms with Crippen LogP contribution in [0.15, 0.2) is 18.2 Å². The van der Waals surface area contributed by atoms with E-state index in [1.54, 1.807) is 0 Å². The highest BCUT2D eigenvalue weighted by Crippen LogP contribution is 2.58. The monoisotopic (exact) mass is 355 g/mol. The predicted molar refractivity (Wildman–Crippen MR) is 56.0 cm³/mol. The maximum atomic E-state index is 14.0. The van der Waals surface area contributed by atoms with Crippen molar-refractivity contribution in [3.05, 3.63) is 34.3 Å². The first kappa shape index (κ1) is 18.4. The number of hydrogen-bond acceptors (Lipinski definition) is 1. The Morgan fingerprint density at radius 1 is 0.818 bits per heavy atom. The minimum absolute atomic E-state index is 0.0461. The van der Waals surface area contributed by atoms with Crippen molar-refractivity contribution in [3.8, 4) is 6.07 Å². The van der Waals surface area contributed by atoms with E-state index in [1.165, 1.54) is 6.07 Å². The standard InChI is InChI=1S/C11H3ClF9N/c12-7-2-5(4-22)1-6(3-7)8(13,10(16,17)18)9(14,15)11(19,20)21/h1-3H. The van der Waals surface area contributed by atoms with Crippen LogP contribution in [0.2, 0.25) is 5.02 Å². The van der Waals surface area contributed by atoms with E-state index >= 15 is 0 Å². The van der Waals surface area contributed by atoms with Gasteiger partial charge in [0.05, 0.1) is 11.6 Å². The Labute approximate surface area is 121 Å². The molecule has 1 rings (SSSR count). The Morgan fingerprint density at radius 2 is 1.32 bits per heavy atom. The first-order chi connectivity index (χ1) is 9.68. The van der Waals surface area contributed by atoms with Crippen LogP contribution in [-0.2, 0) is 5.67 Å². The maximum absolute atomic E-state index is 14.0. The van der Waals surface area contributed by atoms with Crippen LogP contribution in [0.4, 0.5) is 39.5 Å². The van der Waals surface area contributed by atoms with Crippen molar-refractivity contribution in [2.45, 2.75) is 23.9 Å². The quantitative estimate of drug-likeness (QED) is 0.674. The van der Waals surface area contributed by atoms with Crippen molar-refractivity contribution in [3.63, 3.8) is 0 Å². The Kier molecular flexibility index (Phi) is 4.37. The first-order valence-corrected chi connectivity index (χ1v) is 5.47. The van der Waals surface area contributed by atoms with Crippen LogP contribution in [0.5, 0.6) is 0 Å². The molecule has 0 saturated heterocycles. The van der Waals surface area contributed by atoms with Crippen LogP contribution in [0.1, 0.15) is 11.1 Å². The summed E-state index contributed by atoms with van der Waals surface area (Å²) in [6, 6.07) is 1.73. The van der Waals surface area contributed by atoms with Gasteiger partial charge in [-0.1, -0.05) is 11.6 Å². The summed E-state index contributed by atoms with van der Waals surface area (Å²) >= 11 is 5.24. The van der Waals surface area contributed by atoms with Gasteiger partial charge in [-0.15, -0.1) is 0 Å². The molecule has 122 valence electrons. The fourth-order valence-corrected chi connectivity index (χ4v) is 1.81. The molecule has 1 nitrogen and oxygen atoms in total. The topological polar surface area (TPSA) is 23.8 Å². The molecule has 0 aromatic heterocycles. The molecule has 0 fully saturated rings. The Morgan fingerprint density at radius 3 is 1.68 bits per heavy atom. The molecule has 0 amide bonds. The van der Waals surface area contributed by atoms with Crippen molar-refractivity contribution >= 4 is 11.6 Å². The number of nitriles is 1. The van der Waals surface area contributed by atoms with Gasteiger partial charge in [0.2, 0.25) is 0 Å². The summed E-state index contributed by atoms with van der Waals surface area (Å²) in [6.07, 6.45) is -13.4. The van der Waals surface area contributed by atoms with E-state index in [2.05, 4.69) is 0 Å². The summed E-state index contributed by atoms with van der Waals surface area (Å²) in [6.45, 7) is 0. The van der Waals surface area contributed by atoms with Crippen molar-refractivity contribution in [1.29, 1.82) is 5.26 Å². The summed E-state index contributed by atoms with van der Waals surface area (Å²) in [5, 5.41) is 7.69. The summed E-state index contributed by atoms with van der Waals surface area (Å²) in [4.78, 5) is 0. The van der Waals surface area contributed by atoms with Crippen LogP contribution in [0, 0.1) is 11.3 Å². The highest BCUT2D eigenvalue weighted by atomic mass is 35.5. The molecule has 22 heavy (non-hydrogen) atoms. The number of hydrogen-bond donors (Lipinski definition) is 0. The van der Waals surface area contributed by atoms with Crippen LogP contribution in [0.25, 0.3) is 0 Å². The van der Waals surface area contributed by atoms with E-state index in [0.717, 1.165) is 0 Å². The highest BCUT2D eigenvalue weighted by molar-refractivity contribution is 6.30. The van der Waals surface area contributed by atoms with Gasteiger partial charge in [-0.2, -0.15) is 40.4 Å². The predicted octanol–water partition coefficient (Wildman–Crippen LogP) is 5.14. The molecule has 0 radical (unpaired) electrons. The van der Waals surface area contributed by atoms with Gasteiger partial charge in [0.25, 0.3) is 0 Å². The van der Waals surface area contributed by atoms with Crippen molar-refractivity contribution in [1.82, 2.24) is 0 Å². The summed E-state index contributed by atoms with van der Waals surface area (Å²) in [5.41, 5.74) is -9.03. The van der Waals surface area contributed by atoms with Crippen LogP contribution in [-0.4, -0.2) is 18.3 Å². The number of alkyl halides is 9. The second kappa shape index (κ2) is 5.22. The molecule has 0 bridgehead atoms. The van der Waals surface area contributed by atoms with E-state index in [-0.39, 0.29) is 12.1 Å². The number of halogens is 10. The van der Waals surface area contributed by atoms with Gasteiger partial charge in [-0.05, 0) is 18.2 Å². The third-order valence-electron chi connectivity index (χ3n) is 2.60. The molecule has 1 unspecified atom stereocenters. The normalized spacial score (nSPS) is 16.0. The SMILES string of the molecule is N#Cc1cc(Cl)cc(C(F)(C(F)(F)F)C(F)(F)C(F)(F)F)c1. The molecule has 0 aliphatic heterocycles. The van der Waals surface area contributed by atoms with Crippen molar-refractivity contribution in [2.24, 2.45) is 0 Å². The lowest BCUT2D eigenvalue weighted by Gasteiger charge is -2.36. The molecule has 0 N–H and O–H groups in total. The second-order valence-electron chi connectivity index (χ2n) is 4.07. The molecule has 0 saturated carbocycles. The molecule has 1 aromatic carbocycles. The average Bonchev–Trinajstić information content (AvgIpc) is 2.33. The van der Waals surface area contributed by atoms with Crippen LogP contribution >= 0.6 is 11.6 Å². The molecule has 1 aromatic rings. The number of nitrogens with zero attached hydrogens (tertiary/aromatic N) is 1. The van der Waals surface area contributed by atoms with Gasteiger partial charge in [0, 0.05) is 10.6 Å². The summed E-state index contributed by atoms with van der Waals surface area (Å²) in [7, 11) is 0. The molecule has 11 heteroatoms. The highest BCUT2D eigenvalue weighted by Gasteiger charge is 2.81. The van der Waals surface area contributed by atoms with Gasteiger partial charge in [-0.25, -0.2) is 4.39 Å².